The van der Waals surface area contributed by atoms with Crippen LogP contribution in [-0.2, 0) is 0 Å². The highest BCUT2D eigenvalue weighted by molar-refractivity contribution is 5.98. The van der Waals surface area contributed by atoms with Gasteiger partial charge in [-0.2, -0.15) is 0 Å². The van der Waals surface area contributed by atoms with Gasteiger partial charge in [0.05, 0.1) is 26.1 Å². The van der Waals surface area contributed by atoms with Crippen LogP contribution in [-0.4, -0.2) is 28.9 Å². The van der Waals surface area contributed by atoms with Crippen molar-refractivity contribution in [3.63, 3.8) is 0 Å². The number of hydrogen-bond donors (Lipinski definition) is 2. The minimum Gasteiger partial charge on any atom is -0.503 e. The van der Waals surface area contributed by atoms with Gasteiger partial charge in [0.1, 0.15) is 17.3 Å². The normalized spacial score (nSPS) is 10.8. The molecule has 2 aromatic carbocycles. The van der Waals surface area contributed by atoms with E-state index in [1.807, 2.05) is 30.3 Å². The van der Waals surface area contributed by atoms with E-state index in [0.29, 0.717) is 17.2 Å². The Morgan fingerprint density at radius 3 is 2.59 bits per heavy atom. The molecule has 0 aliphatic rings. The summed E-state index contributed by atoms with van der Waals surface area (Å²) in [5.41, 5.74) is 7.80. The maximum absolute atomic E-state index is 11.7. The number of aromatic nitrogens is 2. The summed E-state index contributed by atoms with van der Waals surface area (Å²) in [5, 5.41) is 11.9. The van der Waals surface area contributed by atoms with E-state index in [1.54, 1.807) is 25.6 Å². The number of ether oxygens (including phenoxy) is 2. The Labute approximate surface area is 166 Å². The first-order valence-electron chi connectivity index (χ1n) is 8.84. The van der Waals surface area contributed by atoms with Crippen molar-refractivity contribution >= 4 is 16.6 Å². The van der Waals surface area contributed by atoms with Crippen molar-refractivity contribution < 1.29 is 14.6 Å². The van der Waals surface area contributed by atoms with Crippen molar-refractivity contribution in [1.82, 2.24) is 9.55 Å². The first-order valence-corrected chi connectivity index (χ1v) is 8.84. The van der Waals surface area contributed by atoms with Crippen LogP contribution in [0.2, 0.25) is 0 Å². The second-order valence-corrected chi connectivity index (χ2v) is 6.44. The first kappa shape index (κ1) is 18.4. The highest BCUT2D eigenvalue weighted by Crippen LogP contribution is 2.41. The van der Waals surface area contributed by atoms with E-state index in [9.17, 15) is 9.90 Å². The minimum atomic E-state index is -0.548. The number of anilines is 1. The zero-order valence-electron chi connectivity index (χ0n) is 15.9. The maximum atomic E-state index is 11.7. The van der Waals surface area contributed by atoms with Crippen LogP contribution >= 0.6 is 0 Å². The molecule has 2 aromatic heterocycles. The molecule has 0 fully saturated rings. The Kier molecular flexibility index (Phi) is 4.56. The number of aromatic hydroxyl groups is 1. The van der Waals surface area contributed by atoms with Gasteiger partial charge in [-0.3, -0.25) is 14.3 Å². The second-order valence-electron chi connectivity index (χ2n) is 6.44. The topological polar surface area (TPSA) is 99.6 Å². The molecule has 0 unspecified atom stereocenters. The Morgan fingerprint density at radius 1 is 1.03 bits per heavy atom. The number of nitrogens with zero attached hydrogens (tertiary/aromatic N) is 2. The van der Waals surface area contributed by atoms with Gasteiger partial charge in [0.15, 0.2) is 5.75 Å². The largest absolute Gasteiger partial charge is 0.503 e. The molecule has 0 radical (unpaired) electrons. The van der Waals surface area contributed by atoms with Crippen molar-refractivity contribution in [3.8, 4) is 34.1 Å². The summed E-state index contributed by atoms with van der Waals surface area (Å²) < 4.78 is 12.6. The van der Waals surface area contributed by atoms with Crippen LogP contribution in [0.3, 0.4) is 0 Å². The van der Waals surface area contributed by atoms with Gasteiger partial charge < -0.3 is 20.3 Å². The first-order chi connectivity index (χ1) is 14.0. The van der Waals surface area contributed by atoms with Crippen LogP contribution in [0, 0.1) is 0 Å². The van der Waals surface area contributed by atoms with Crippen LogP contribution in [0.5, 0.6) is 17.2 Å². The van der Waals surface area contributed by atoms with Gasteiger partial charge in [-0.15, -0.1) is 0 Å². The summed E-state index contributed by atoms with van der Waals surface area (Å²) >= 11 is 0. The summed E-state index contributed by atoms with van der Waals surface area (Å²) in [7, 11) is 3.12. The molecule has 0 saturated carbocycles. The number of methoxy groups -OCH3 is 2. The van der Waals surface area contributed by atoms with Gasteiger partial charge in [-0.25, -0.2) is 0 Å². The van der Waals surface area contributed by atoms with Crippen LogP contribution in [0.1, 0.15) is 0 Å². The third kappa shape index (κ3) is 3.12. The van der Waals surface area contributed by atoms with Gasteiger partial charge >= 0.3 is 0 Å². The zero-order valence-corrected chi connectivity index (χ0v) is 15.9. The molecule has 0 aliphatic heterocycles. The molecule has 0 amide bonds. The molecule has 29 heavy (non-hydrogen) atoms. The Morgan fingerprint density at radius 2 is 1.83 bits per heavy atom. The van der Waals surface area contributed by atoms with Gasteiger partial charge in [-0.05, 0) is 23.1 Å². The molecule has 4 rings (SSSR count). The Hall–Kier alpha value is -4.00. The zero-order chi connectivity index (χ0) is 20.5. The maximum Gasteiger partial charge on any atom is 0.225 e. The lowest BCUT2D eigenvalue weighted by molar-refractivity contribution is 0.394. The van der Waals surface area contributed by atoms with E-state index >= 15 is 0 Å². The van der Waals surface area contributed by atoms with Crippen molar-refractivity contribution in [2.45, 2.75) is 0 Å². The fourth-order valence-electron chi connectivity index (χ4n) is 3.39. The number of rotatable bonds is 4. The molecule has 2 heterocycles. The average molecular weight is 389 g/mol. The quantitative estimate of drug-likeness (QED) is 0.555. The number of nitrogens with two attached hydrogens (primary N) is 1. The number of fused-ring (bicyclic) bond motifs is 1. The molecular weight excluding hydrogens is 370 g/mol. The molecule has 146 valence electrons. The van der Waals surface area contributed by atoms with Crippen molar-refractivity contribution in [2.75, 3.05) is 20.0 Å². The molecule has 3 N–H and O–H groups in total. The number of hydrogen-bond acceptors (Lipinski definition) is 6. The predicted molar refractivity (Wildman–Crippen MR) is 112 cm³/mol. The number of nitrogen functional groups attached to an aromatic ring is 1. The van der Waals surface area contributed by atoms with Crippen molar-refractivity contribution in [2.24, 2.45) is 0 Å². The van der Waals surface area contributed by atoms with Crippen LogP contribution < -0.4 is 20.6 Å². The molecule has 7 nitrogen and oxygen atoms in total. The smallest absolute Gasteiger partial charge is 0.225 e. The third-order valence-electron chi connectivity index (χ3n) is 4.79. The molecule has 7 heteroatoms. The summed E-state index contributed by atoms with van der Waals surface area (Å²) in [5.74, 6) is 0.847. The van der Waals surface area contributed by atoms with Gasteiger partial charge in [0.2, 0.25) is 5.43 Å². The molecule has 4 aromatic rings. The number of pyridine rings is 2. The summed E-state index contributed by atoms with van der Waals surface area (Å²) in [6.45, 7) is 0. The molecule has 0 atom stereocenters. The summed E-state index contributed by atoms with van der Waals surface area (Å²) in [4.78, 5) is 15.9. The van der Waals surface area contributed by atoms with Crippen molar-refractivity contribution in [1.29, 1.82) is 0 Å². The Bertz CT molecular complexity index is 1280. The number of benzene rings is 2. The fraction of sp³-hybridized carbons (Fsp3) is 0.0909. The highest BCUT2D eigenvalue weighted by atomic mass is 16.5. The lowest BCUT2D eigenvalue weighted by atomic mass is 9.97. The van der Waals surface area contributed by atoms with Gasteiger partial charge in [0.25, 0.3) is 0 Å². The standard InChI is InChI=1S/C22H19N3O4/c1-28-20-10-21(29-2)17(25-12-19(27)18(26)9-22(25)23)8-16(20)15-5-3-4-13-11-24-7-6-14(13)15/h3-12,27H,23H2,1-2H3. The van der Waals surface area contributed by atoms with Gasteiger partial charge in [0, 0.05) is 35.5 Å². The van der Waals surface area contributed by atoms with Crippen molar-refractivity contribution in [3.05, 3.63) is 71.3 Å². The van der Waals surface area contributed by atoms with Gasteiger partial charge in [-0.1, -0.05) is 18.2 Å². The van der Waals surface area contributed by atoms with E-state index in [2.05, 4.69) is 4.98 Å². The Balaban J connectivity index is 2.05. The lowest BCUT2D eigenvalue weighted by Gasteiger charge is -2.19. The molecule has 0 saturated heterocycles. The monoisotopic (exact) mass is 389 g/mol. The molecule has 0 bridgehead atoms. The van der Waals surface area contributed by atoms with E-state index in [-0.39, 0.29) is 5.82 Å². The minimum absolute atomic E-state index is 0.171. The fourth-order valence-corrected chi connectivity index (χ4v) is 3.39. The SMILES string of the molecule is COc1cc(OC)c(-n2cc(O)c(=O)cc2N)cc1-c1cccc2cnccc12. The molecule has 0 aliphatic carbocycles. The molecule has 0 spiro atoms. The highest BCUT2D eigenvalue weighted by Gasteiger charge is 2.17. The second kappa shape index (κ2) is 7.20. The predicted octanol–water partition coefficient (Wildman–Crippen LogP) is 3.36. The van der Waals surface area contributed by atoms with E-state index in [0.717, 1.165) is 21.9 Å². The van der Waals surface area contributed by atoms with E-state index < -0.39 is 11.2 Å². The third-order valence-corrected chi connectivity index (χ3v) is 4.79. The summed E-state index contributed by atoms with van der Waals surface area (Å²) in [6, 6.07) is 12.6. The van der Waals surface area contributed by atoms with E-state index in [4.69, 9.17) is 15.2 Å². The van der Waals surface area contributed by atoms with E-state index in [1.165, 1.54) is 23.9 Å². The lowest BCUT2D eigenvalue weighted by Crippen LogP contribution is -2.11. The summed E-state index contributed by atoms with van der Waals surface area (Å²) in [6.07, 6.45) is 4.81. The average Bonchev–Trinajstić information content (AvgIpc) is 2.75. The van der Waals surface area contributed by atoms with Crippen LogP contribution in [0.4, 0.5) is 5.82 Å². The molecular formula is C22H19N3O4. The van der Waals surface area contributed by atoms with Crippen LogP contribution in [0.25, 0.3) is 27.6 Å². The van der Waals surface area contributed by atoms with Crippen LogP contribution in [0.15, 0.2) is 65.8 Å².